The first kappa shape index (κ1) is 20.6. The van der Waals surface area contributed by atoms with Gasteiger partial charge in [0.05, 0.1) is 17.2 Å². The maximum atomic E-state index is 13.4. The molecule has 0 aliphatic carbocycles. The standard InChI is InChI=1S/C18H25ClFN3O3/c1-11-8-23(9-12(2)26-11)18(3,4)10-21-16(24)17(25)22-13-5-6-14(19)15(20)7-13/h5-7,11-12H,8-10H2,1-4H3,(H,21,24)(H,22,25). The minimum atomic E-state index is -0.855. The molecule has 1 heterocycles. The number of halogens is 2. The molecule has 0 spiro atoms. The van der Waals surface area contributed by atoms with Crippen LogP contribution in [0.5, 0.6) is 0 Å². The first-order valence-corrected chi connectivity index (χ1v) is 8.91. The minimum Gasteiger partial charge on any atom is -0.373 e. The fourth-order valence-corrected chi connectivity index (χ4v) is 3.04. The van der Waals surface area contributed by atoms with Crippen molar-refractivity contribution in [3.63, 3.8) is 0 Å². The van der Waals surface area contributed by atoms with Crippen molar-refractivity contribution in [1.82, 2.24) is 10.2 Å². The van der Waals surface area contributed by atoms with Crippen molar-refractivity contribution in [2.45, 2.75) is 45.4 Å². The van der Waals surface area contributed by atoms with Gasteiger partial charge in [0.1, 0.15) is 5.82 Å². The number of nitrogens with one attached hydrogen (secondary N) is 2. The van der Waals surface area contributed by atoms with E-state index in [1.807, 2.05) is 27.7 Å². The third kappa shape index (κ3) is 5.40. The Balaban J connectivity index is 1.89. The Morgan fingerprint density at radius 2 is 1.88 bits per heavy atom. The van der Waals surface area contributed by atoms with Crippen LogP contribution in [0.3, 0.4) is 0 Å². The van der Waals surface area contributed by atoms with E-state index >= 15 is 0 Å². The van der Waals surface area contributed by atoms with E-state index in [0.717, 1.165) is 19.2 Å². The van der Waals surface area contributed by atoms with Crippen LogP contribution < -0.4 is 10.6 Å². The summed E-state index contributed by atoms with van der Waals surface area (Å²) in [6.07, 6.45) is 0.216. The highest BCUT2D eigenvalue weighted by Crippen LogP contribution is 2.21. The molecule has 0 saturated carbocycles. The van der Waals surface area contributed by atoms with Gasteiger partial charge in [0, 0.05) is 30.9 Å². The lowest BCUT2D eigenvalue weighted by Gasteiger charge is -2.45. The van der Waals surface area contributed by atoms with Crippen LogP contribution in [0.25, 0.3) is 0 Å². The van der Waals surface area contributed by atoms with Crippen LogP contribution in [0.4, 0.5) is 10.1 Å². The van der Waals surface area contributed by atoms with Crippen molar-refractivity contribution in [2.24, 2.45) is 0 Å². The van der Waals surface area contributed by atoms with Gasteiger partial charge in [-0.15, -0.1) is 0 Å². The van der Waals surface area contributed by atoms with Crippen LogP contribution in [-0.4, -0.2) is 54.1 Å². The average molecular weight is 386 g/mol. The first-order valence-electron chi connectivity index (χ1n) is 8.53. The molecule has 2 rings (SSSR count). The summed E-state index contributed by atoms with van der Waals surface area (Å²) in [6.45, 7) is 9.83. The second-order valence-electron chi connectivity index (χ2n) is 7.24. The summed E-state index contributed by atoms with van der Waals surface area (Å²) < 4.78 is 19.1. The summed E-state index contributed by atoms with van der Waals surface area (Å²) in [6, 6.07) is 3.80. The van der Waals surface area contributed by atoms with Gasteiger partial charge in [-0.05, 0) is 45.9 Å². The Hall–Kier alpha value is -1.70. The summed E-state index contributed by atoms with van der Waals surface area (Å²) in [7, 11) is 0. The molecular weight excluding hydrogens is 361 g/mol. The number of benzene rings is 1. The third-order valence-electron chi connectivity index (χ3n) is 4.34. The molecule has 2 atom stereocenters. The predicted octanol–water partition coefficient (Wildman–Crippen LogP) is 2.42. The lowest BCUT2D eigenvalue weighted by atomic mass is 10.00. The molecule has 0 bridgehead atoms. The lowest BCUT2D eigenvalue weighted by Crippen LogP contribution is -2.59. The largest absolute Gasteiger partial charge is 0.373 e. The third-order valence-corrected chi connectivity index (χ3v) is 4.65. The number of anilines is 1. The summed E-state index contributed by atoms with van der Waals surface area (Å²) in [5.41, 5.74) is -0.170. The number of rotatable bonds is 4. The zero-order chi connectivity index (χ0) is 19.5. The molecule has 1 saturated heterocycles. The quantitative estimate of drug-likeness (QED) is 0.781. The smallest absolute Gasteiger partial charge is 0.313 e. The van der Waals surface area contributed by atoms with Crippen LogP contribution in [0.2, 0.25) is 5.02 Å². The molecule has 6 nitrogen and oxygen atoms in total. The number of nitrogens with zero attached hydrogens (tertiary/aromatic N) is 1. The lowest BCUT2D eigenvalue weighted by molar-refractivity contribution is -0.137. The fourth-order valence-electron chi connectivity index (χ4n) is 2.92. The van der Waals surface area contributed by atoms with E-state index in [-0.39, 0.29) is 28.5 Å². The zero-order valence-electron chi connectivity index (χ0n) is 15.4. The highest BCUT2D eigenvalue weighted by Gasteiger charge is 2.33. The Bertz CT molecular complexity index is 674. The van der Waals surface area contributed by atoms with Gasteiger partial charge in [0.15, 0.2) is 0 Å². The summed E-state index contributed by atoms with van der Waals surface area (Å²) >= 11 is 5.59. The van der Waals surface area contributed by atoms with Crippen LogP contribution in [0.15, 0.2) is 18.2 Å². The molecule has 1 aromatic carbocycles. The molecule has 0 aromatic heterocycles. The van der Waals surface area contributed by atoms with E-state index in [1.54, 1.807) is 0 Å². The Morgan fingerprint density at radius 3 is 2.46 bits per heavy atom. The Labute approximate surface area is 158 Å². The number of amides is 2. The second-order valence-corrected chi connectivity index (χ2v) is 7.65. The maximum absolute atomic E-state index is 13.4. The van der Waals surface area contributed by atoms with Gasteiger partial charge in [-0.25, -0.2) is 4.39 Å². The number of carbonyl (C=O) groups excluding carboxylic acids is 2. The van der Waals surface area contributed by atoms with Crippen LogP contribution in [0.1, 0.15) is 27.7 Å². The van der Waals surface area contributed by atoms with E-state index < -0.39 is 17.6 Å². The van der Waals surface area contributed by atoms with Gasteiger partial charge in [0.25, 0.3) is 0 Å². The molecular formula is C18H25ClFN3O3. The molecule has 8 heteroatoms. The van der Waals surface area contributed by atoms with Gasteiger partial charge >= 0.3 is 11.8 Å². The van der Waals surface area contributed by atoms with Crippen LogP contribution in [0, 0.1) is 5.82 Å². The van der Waals surface area contributed by atoms with Gasteiger partial charge in [0.2, 0.25) is 0 Å². The fraction of sp³-hybridized carbons (Fsp3) is 0.556. The van der Waals surface area contributed by atoms with Gasteiger partial charge in [-0.3, -0.25) is 14.5 Å². The molecule has 144 valence electrons. The highest BCUT2D eigenvalue weighted by molar-refractivity contribution is 6.39. The van der Waals surface area contributed by atoms with E-state index in [4.69, 9.17) is 16.3 Å². The average Bonchev–Trinajstić information content (AvgIpc) is 2.55. The number of carbonyl (C=O) groups is 2. The normalized spacial score (nSPS) is 21.3. The van der Waals surface area contributed by atoms with Crippen molar-refractivity contribution < 1.29 is 18.7 Å². The molecule has 0 radical (unpaired) electrons. The highest BCUT2D eigenvalue weighted by atomic mass is 35.5. The van der Waals surface area contributed by atoms with Crippen LogP contribution >= 0.6 is 11.6 Å². The van der Waals surface area contributed by atoms with E-state index in [9.17, 15) is 14.0 Å². The first-order chi connectivity index (χ1) is 12.1. The summed E-state index contributed by atoms with van der Waals surface area (Å²) in [5.74, 6) is -2.30. The summed E-state index contributed by atoms with van der Waals surface area (Å²) in [5, 5.41) is 4.95. The predicted molar refractivity (Wildman–Crippen MR) is 98.7 cm³/mol. The van der Waals surface area contributed by atoms with Crippen molar-refractivity contribution in [3.8, 4) is 0 Å². The number of hydrogen-bond acceptors (Lipinski definition) is 4. The molecule has 2 amide bonds. The van der Waals surface area contributed by atoms with Crippen molar-refractivity contribution >= 4 is 29.1 Å². The Kier molecular flexibility index (Phi) is 6.60. The number of ether oxygens (including phenoxy) is 1. The molecule has 1 aromatic rings. The molecule has 2 N–H and O–H groups in total. The SMILES string of the molecule is CC1CN(C(C)(C)CNC(=O)C(=O)Nc2ccc(Cl)c(F)c2)CC(C)O1. The van der Waals surface area contributed by atoms with Gasteiger partial charge in [-0.1, -0.05) is 11.6 Å². The van der Waals surface area contributed by atoms with E-state index in [2.05, 4.69) is 15.5 Å². The van der Waals surface area contributed by atoms with Crippen LogP contribution in [-0.2, 0) is 14.3 Å². The van der Waals surface area contributed by atoms with Gasteiger partial charge < -0.3 is 15.4 Å². The molecule has 26 heavy (non-hydrogen) atoms. The van der Waals surface area contributed by atoms with E-state index in [0.29, 0.717) is 6.54 Å². The maximum Gasteiger partial charge on any atom is 0.313 e. The zero-order valence-corrected chi connectivity index (χ0v) is 16.2. The second kappa shape index (κ2) is 8.33. The van der Waals surface area contributed by atoms with Crippen molar-refractivity contribution in [1.29, 1.82) is 0 Å². The molecule has 2 unspecified atom stereocenters. The van der Waals surface area contributed by atoms with Crippen molar-refractivity contribution in [3.05, 3.63) is 29.0 Å². The molecule has 1 aliphatic heterocycles. The van der Waals surface area contributed by atoms with Gasteiger partial charge in [-0.2, -0.15) is 0 Å². The van der Waals surface area contributed by atoms with E-state index in [1.165, 1.54) is 12.1 Å². The summed E-state index contributed by atoms with van der Waals surface area (Å²) in [4.78, 5) is 26.3. The van der Waals surface area contributed by atoms with Crippen molar-refractivity contribution in [2.75, 3.05) is 25.0 Å². The minimum absolute atomic E-state index is 0.0526. The number of hydrogen-bond donors (Lipinski definition) is 2. The monoisotopic (exact) mass is 385 g/mol. The molecule has 1 fully saturated rings. The topological polar surface area (TPSA) is 70.7 Å². The Morgan fingerprint density at radius 1 is 1.27 bits per heavy atom. The molecule has 1 aliphatic rings. The number of morpholine rings is 1.